The van der Waals surface area contributed by atoms with Gasteiger partial charge in [-0.3, -0.25) is 9.35 Å². The van der Waals surface area contributed by atoms with Crippen LogP contribution in [0, 0.1) is 17.3 Å². The second-order valence-corrected chi connectivity index (χ2v) is 8.69. The molecule has 2 aliphatic carbocycles. The summed E-state index contributed by atoms with van der Waals surface area (Å²) in [5, 5.41) is -4.20. The number of halogens is 2. The van der Waals surface area contributed by atoms with Crippen LogP contribution in [0.25, 0.3) is 0 Å². The summed E-state index contributed by atoms with van der Waals surface area (Å²) in [6.07, 6.45) is 4.19. The highest BCUT2D eigenvalue weighted by molar-refractivity contribution is 7.86. The van der Waals surface area contributed by atoms with Gasteiger partial charge in [-0.15, -0.1) is 0 Å². The lowest BCUT2D eigenvalue weighted by Gasteiger charge is -2.45. The van der Waals surface area contributed by atoms with Gasteiger partial charge in [0.25, 0.3) is 0 Å². The van der Waals surface area contributed by atoms with Crippen molar-refractivity contribution in [3.63, 3.8) is 0 Å². The quantitative estimate of drug-likeness (QED) is 0.449. The van der Waals surface area contributed by atoms with Gasteiger partial charge in [-0.2, -0.15) is 17.2 Å². The van der Waals surface area contributed by atoms with Gasteiger partial charge >= 0.3 is 21.3 Å². The molecule has 3 atom stereocenters. The second kappa shape index (κ2) is 6.63. The van der Waals surface area contributed by atoms with Crippen LogP contribution in [-0.2, 0) is 19.6 Å². The zero-order valence-corrected chi connectivity index (χ0v) is 14.1. The summed E-state index contributed by atoms with van der Waals surface area (Å²) in [7, 11) is -5.42. The third kappa shape index (κ3) is 4.21. The number of ether oxygens (including phenoxy) is 1. The topological polar surface area (TPSA) is 80.7 Å². The summed E-state index contributed by atoms with van der Waals surface area (Å²) in [6.45, 7) is 1.86. The van der Waals surface area contributed by atoms with Crippen molar-refractivity contribution in [1.29, 1.82) is 0 Å². The molecule has 3 unspecified atom stereocenters. The Hall–Kier alpha value is -0.760. The molecule has 1 N–H and O–H groups in total. The van der Waals surface area contributed by atoms with Crippen LogP contribution < -0.4 is 0 Å². The fourth-order valence-electron chi connectivity index (χ4n) is 4.19. The number of rotatable bonds is 6. The van der Waals surface area contributed by atoms with Crippen molar-refractivity contribution in [1.82, 2.24) is 0 Å². The summed E-state index contributed by atoms with van der Waals surface area (Å²) in [5.41, 5.74) is -0.494. The van der Waals surface area contributed by atoms with Crippen LogP contribution in [0.5, 0.6) is 0 Å². The molecule has 0 aliphatic heterocycles. The lowest BCUT2D eigenvalue weighted by atomic mass is 9.59. The number of carbonyl (C=O) groups is 1. The first-order valence-electron chi connectivity index (χ1n) is 8.08. The van der Waals surface area contributed by atoms with E-state index in [0.29, 0.717) is 11.8 Å². The summed E-state index contributed by atoms with van der Waals surface area (Å²) in [5.74, 6) is 0.637. The molecule has 2 aliphatic rings. The van der Waals surface area contributed by atoms with E-state index in [1.807, 2.05) is 0 Å². The van der Waals surface area contributed by atoms with Gasteiger partial charge in [0.05, 0.1) is 12.0 Å². The molecule has 134 valence electrons. The van der Waals surface area contributed by atoms with Crippen LogP contribution in [0.1, 0.15) is 58.3 Å². The summed E-state index contributed by atoms with van der Waals surface area (Å²) < 4.78 is 60.8. The van der Waals surface area contributed by atoms with E-state index in [9.17, 15) is 22.0 Å². The van der Waals surface area contributed by atoms with Crippen molar-refractivity contribution >= 4 is 16.1 Å². The van der Waals surface area contributed by atoms with Gasteiger partial charge in [-0.1, -0.05) is 19.8 Å². The van der Waals surface area contributed by atoms with E-state index in [4.69, 9.17) is 9.29 Å². The first-order chi connectivity index (χ1) is 10.6. The van der Waals surface area contributed by atoms with Crippen molar-refractivity contribution in [2.45, 2.75) is 63.5 Å². The number of carbonyl (C=O) groups excluding carboxylic acids is 1. The Morgan fingerprint density at radius 2 is 2.09 bits per heavy atom. The molecule has 0 saturated heterocycles. The van der Waals surface area contributed by atoms with E-state index >= 15 is 0 Å². The molecular formula is C15H24F2O5S. The van der Waals surface area contributed by atoms with E-state index in [-0.39, 0.29) is 19.0 Å². The Balaban J connectivity index is 1.85. The first-order valence-corrected chi connectivity index (χ1v) is 9.52. The number of alkyl halides is 2. The van der Waals surface area contributed by atoms with E-state index in [1.165, 1.54) is 0 Å². The Bertz CT molecular complexity index is 544. The maximum absolute atomic E-state index is 13.1. The maximum atomic E-state index is 13.1. The normalized spacial score (nSPS) is 31.7. The highest BCUT2D eigenvalue weighted by Crippen LogP contribution is 2.51. The SMILES string of the molecule is CC1CC2CCCC(C(=O)OCCCC(F)(F)S(=O)(=O)O)(C1)C2. The molecule has 5 nitrogen and oxygen atoms in total. The summed E-state index contributed by atoms with van der Waals surface area (Å²) in [4.78, 5) is 12.4. The van der Waals surface area contributed by atoms with E-state index < -0.39 is 27.2 Å². The summed E-state index contributed by atoms with van der Waals surface area (Å²) >= 11 is 0. The van der Waals surface area contributed by atoms with Gasteiger partial charge < -0.3 is 4.74 Å². The Labute approximate surface area is 135 Å². The predicted molar refractivity (Wildman–Crippen MR) is 79.5 cm³/mol. The predicted octanol–water partition coefficient (Wildman–Crippen LogP) is 3.40. The molecular weight excluding hydrogens is 330 g/mol. The van der Waals surface area contributed by atoms with Crippen LogP contribution in [0.2, 0.25) is 0 Å². The molecule has 0 heterocycles. The second-order valence-electron chi connectivity index (χ2n) is 7.14. The van der Waals surface area contributed by atoms with E-state index in [2.05, 4.69) is 6.92 Å². The van der Waals surface area contributed by atoms with Crippen molar-refractivity contribution in [3.8, 4) is 0 Å². The average molecular weight is 354 g/mol. The molecule has 0 aromatic heterocycles. The largest absolute Gasteiger partial charge is 0.465 e. The van der Waals surface area contributed by atoms with Crippen LogP contribution in [0.15, 0.2) is 0 Å². The van der Waals surface area contributed by atoms with Crippen molar-refractivity contribution in [2.24, 2.45) is 17.3 Å². The Morgan fingerprint density at radius 3 is 2.74 bits per heavy atom. The standard InChI is InChI=1S/C15H24F2O5S/c1-11-8-12-4-2-5-14(9-11,10-12)13(18)22-7-3-6-15(16,17)23(19,20)21/h11-12H,2-10H2,1H3,(H,19,20,21). The Kier molecular flexibility index (Phi) is 5.35. The number of hydrogen-bond donors (Lipinski definition) is 1. The lowest BCUT2D eigenvalue weighted by Crippen LogP contribution is -2.43. The zero-order valence-electron chi connectivity index (χ0n) is 13.3. The molecule has 0 amide bonds. The Morgan fingerprint density at radius 1 is 1.39 bits per heavy atom. The van der Waals surface area contributed by atoms with Crippen molar-refractivity contribution < 1.29 is 31.3 Å². The molecule has 2 rings (SSSR count). The molecule has 2 saturated carbocycles. The molecule has 0 aromatic rings. The minimum absolute atomic E-state index is 0.259. The monoisotopic (exact) mass is 354 g/mol. The van der Waals surface area contributed by atoms with Gasteiger partial charge in [0, 0.05) is 6.42 Å². The highest BCUT2D eigenvalue weighted by atomic mass is 32.2. The number of hydrogen-bond acceptors (Lipinski definition) is 4. The third-order valence-electron chi connectivity index (χ3n) is 5.08. The van der Waals surface area contributed by atoms with Crippen molar-refractivity contribution in [3.05, 3.63) is 0 Å². The molecule has 2 fully saturated rings. The van der Waals surface area contributed by atoms with Crippen LogP contribution >= 0.6 is 0 Å². The van der Waals surface area contributed by atoms with Gasteiger partial charge in [0.2, 0.25) is 0 Å². The molecule has 0 aromatic carbocycles. The zero-order chi connectivity index (χ0) is 17.3. The fourth-order valence-corrected chi connectivity index (χ4v) is 4.59. The summed E-state index contributed by atoms with van der Waals surface area (Å²) in [6, 6.07) is 0. The minimum atomic E-state index is -5.42. The first kappa shape index (κ1) is 18.6. The average Bonchev–Trinajstić information content (AvgIpc) is 2.41. The van der Waals surface area contributed by atoms with Gasteiger partial charge in [-0.25, -0.2) is 0 Å². The molecule has 8 heteroatoms. The van der Waals surface area contributed by atoms with Crippen LogP contribution in [0.3, 0.4) is 0 Å². The van der Waals surface area contributed by atoms with E-state index in [0.717, 1.165) is 38.5 Å². The molecule has 0 spiro atoms. The van der Waals surface area contributed by atoms with Crippen molar-refractivity contribution in [2.75, 3.05) is 6.61 Å². The molecule has 2 bridgehead atoms. The van der Waals surface area contributed by atoms with Crippen LogP contribution in [-0.4, -0.2) is 30.8 Å². The smallest absolute Gasteiger partial charge is 0.370 e. The van der Waals surface area contributed by atoms with E-state index in [1.54, 1.807) is 0 Å². The number of esters is 1. The molecule has 23 heavy (non-hydrogen) atoms. The maximum Gasteiger partial charge on any atom is 0.370 e. The fraction of sp³-hybridized carbons (Fsp3) is 0.933. The van der Waals surface area contributed by atoms with Gasteiger partial charge in [0.1, 0.15) is 0 Å². The lowest BCUT2D eigenvalue weighted by molar-refractivity contribution is -0.163. The third-order valence-corrected chi connectivity index (χ3v) is 6.04. The van der Waals surface area contributed by atoms with Gasteiger partial charge in [-0.05, 0) is 43.9 Å². The molecule has 0 radical (unpaired) electrons. The van der Waals surface area contributed by atoms with Gasteiger partial charge in [0.15, 0.2) is 0 Å². The number of fused-ring (bicyclic) bond motifs is 2. The highest BCUT2D eigenvalue weighted by Gasteiger charge is 2.48. The minimum Gasteiger partial charge on any atom is -0.465 e. The van der Waals surface area contributed by atoms with Crippen LogP contribution in [0.4, 0.5) is 8.78 Å².